The first-order chi connectivity index (χ1) is 7.77. The van der Waals surface area contributed by atoms with Gasteiger partial charge in [0.2, 0.25) is 5.88 Å². The average Bonchev–Trinajstić information content (AvgIpc) is 2.62. The van der Waals surface area contributed by atoms with Crippen molar-refractivity contribution in [2.75, 3.05) is 5.73 Å². The van der Waals surface area contributed by atoms with Gasteiger partial charge >= 0.3 is 0 Å². The van der Waals surface area contributed by atoms with Crippen molar-refractivity contribution in [1.82, 2.24) is 5.16 Å². The Bertz CT molecular complexity index is 448. The van der Waals surface area contributed by atoms with Gasteiger partial charge in [-0.25, -0.2) is 0 Å². The molecule has 84 valence electrons. The zero-order chi connectivity index (χ0) is 11.4. The summed E-state index contributed by atoms with van der Waals surface area (Å²) in [5.74, 6) is 0.440. The molecule has 0 saturated heterocycles. The predicted octanol–water partition coefficient (Wildman–Crippen LogP) is 2.74. The van der Waals surface area contributed by atoms with Gasteiger partial charge in [-0.2, -0.15) is 0 Å². The fraction of sp³-hybridized carbons (Fsp3) is 0.308. The Balaban J connectivity index is 1.87. The summed E-state index contributed by atoms with van der Waals surface area (Å²) < 4.78 is 4.93. The second-order valence-corrected chi connectivity index (χ2v) is 3.96. The molecule has 1 aromatic heterocycles. The van der Waals surface area contributed by atoms with Crippen molar-refractivity contribution in [2.24, 2.45) is 0 Å². The van der Waals surface area contributed by atoms with Crippen molar-refractivity contribution in [3.63, 3.8) is 0 Å². The molecule has 0 unspecified atom stereocenters. The first-order valence-electron chi connectivity index (χ1n) is 5.52. The number of aromatic nitrogens is 1. The van der Waals surface area contributed by atoms with Gasteiger partial charge in [0.1, 0.15) is 0 Å². The summed E-state index contributed by atoms with van der Waals surface area (Å²) in [4.78, 5) is 0. The highest BCUT2D eigenvalue weighted by atomic mass is 16.5. The van der Waals surface area contributed by atoms with Gasteiger partial charge in [0, 0.05) is 5.56 Å². The molecule has 0 saturated carbocycles. The van der Waals surface area contributed by atoms with E-state index >= 15 is 0 Å². The molecule has 0 amide bonds. The lowest BCUT2D eigenvalue weighted by Gasteiger charge is -1.99. The van der Waals surface area contributed by atoms with Gasteiger partial charge in [0.15, 0.2) is 0 Å². The minimum absolute atomic E-state index is 0.440. The van der Waals surface area contributed by atoms with Crippen LogP contribution in [0.3, 0.4) is 0 Å². The van der Waals surface area contributed by atoms with Gasteiger partial charge < -0.3 is 10.3 Å². The molecule has 1 aromatic carbocycles. The largest absolute Gasteiger partial charge is 0.367 e. The molecule has 0 atom stereocenters. The smallest absolute Gasteiger partial charge is 0.225 e. The standard InChI is InChI=1S/C13H16N2O/c1-10-12(15-16-13(10)14)9-5-8-11-6-3-2-4-7-11/h2-4,6-7H,5,8-9,14H2,1H3. The predicted molar refractivity (Wildman–Crippen MR) is 64.1 cm³/mol. The Labute approximate surface area is 95.3 Å². The minimum atomic E-state index is 0.440. The molecule has 0 radical (unpaired) electrons. The summed E-state index contributed by atoms with van der Waals surface area (Å²) in [7, 11) is 0. The number of aryl methyl sites for hydroxylation is 2. The van der Waals surface area contributed by atoms with Gasteiger partial charge in [-0.3, -0.25) is 0 Å². The lowest BCUT2D eigenvalue weighted by molar-refractivity contribution is 0.426. The molecular formula is C13H16N2O. The van der Waals surface area contributed by atoms with E-state index in [1.165, 1.54) is 5.56 Å². The zero-order valence-electron chi connectivity index (χ0n) is 9.44. The van der Waals surface area contributed by atoms with Crippen molar-refractivity contribution in [1.29, 1.82) is 0 Å². The van der Waals surface area contributed by atoms with Crippen LogP contribution in [0, 0.1) is 6.92 Å². The summed E-state index contributed by atoms with van der Waals surface area (Å²) in [6.07, 6.45) is 3.05. The van der Waals surface area contributed by atoms with Crippen molar-refractivity contribution in [3.05, 3.63) is 47.2 Å². The van der Waals surface area contributed by atoms with Crippen LogP contribution in [0.25, 0.3) is 0 Å². The molecule has 2 rings (SSSR count). The summed E-state index contributed by atoms with van der Waals surface area (Å²) in [5.41, 5.74) is 8.91. The number of hydrogen-bond donors (Lipinski definition) is 1. The SMILES string of the molecule is Cc1c(CCCc2ccccc2)noc1N. The van der Waals surface area contributed by atoms with Crippen molar-refractivity contribution in [3.8, 4) is 0 Å². The number of anilines is 1. The maximum atomic E-state index is 5.59. The first kappa shape index (κ1) is 10.7. The van der Waals surface area contributed by atoms with E-state index in [0.717, 1.165) is 30.5 Å². The highest BCUT2D eigenvalue weighted by Gasteiger charge is 2.07. The second kappa shape index (κ2) is 4.84. The van der Waals surface area contributed by atoms with E-state index in [9.17, 15) is 0 Å². The van der Waals surface area contributed by atoms with Gasteiger partial charge in [-0.05, 0) is 31.7 Å². The van der Waals surface area contributed by atoms with Crippen LogP contribution < -0.4 is 5.73 Å². The van der Waals surface area contributed by atoms with E-state index in [2.05, 4.69) is 29.4 Å². The van der Waals surface area contributed by atoms with Crippen LogP contribution in [0.4, 0.5) is 5.88 Å². The lowest BCUT2D eigenvalue weighted by atomic mass is 10.1. The van der Waals surface area contributed by atoms with Crippen LogP contribution in [0.2, 0.25) is 0 Å². The Hall–Kier alpha value is -1.77. The third-order valence-electron chi connectivity index (χ3n) is 2.78. The molecule has 2 N–H and O–H groups in total. The van der Waals surface area contributed by atoms with E-state index in [-0.39, 0.29) is 0 Å². The van der Waals surface area contributed by atoms with Crippen molar-refractivity contribution in [2.45, 2.75) is 26.2 Å². The van der Waals surface area contributed by atoms with Crippen LogP contribution in [0.5, 0.6) is 0 Å². The Morgan fingerprint density at radius 1 is 1.19 bits per heavy atom. The monoisotopic (exact) mass is 216 g/mol. The number of benzene rings is 1. The molecule has 0 aliphatic heterocycles. The molecule has 0 fully saturated rings. The molecule has 0 spiro atoms. The topological polar surface area (TPSA) is 52.0 Å². The van der Waals surface area contributed by atoms with E-state index in [1.54, 1.807) is 0 Å². The Kier molecular flexibility index (Phi) is 3.25. The Morgan fingerprint density at radius 3 is 2.56 bits per heavy atom. The van der Waals surface area contributed by atoms with Crippen molar-refractivity contribution >= 4 is 5.88 Å². The maximum Gasteiger partial charge on any atom is 0.225 e. The first-order valence-corrected chi connectivity index (χ1v) is 5.52. The van der Waals surface area contributed by atoms with Gasteiger partial charge in [-0.1, -0.05) is 35.5 Å². The van der Waals surface area contributed by atoms with Gasteiger partial charge in [0.25, 0.3) is 0 Å². The molecule has 2 aromatic rings. The molecule has 0 aliphatic rings. The summed E-state index contributed by atoms with van der Waals surface area (Å²) in [5, 5.41) is 3.95. The summed E-state index contributed by atoms with van der Waals surface area (Å²) >= 11 is 0. The van der Waals surface area contributed by atoms with Crippen LogP contribution in [-0.2, 0) is 12.8 Å². The highest BCUT2D eigenvalue weighted by Crippen LogP contribution is 2.16. The van der Waals surface area contributed by atoms with Crippen LogP contribution >= 0.6 is 0 Å². The van der Waals surface area contributed by atoms with E-state index in [1.807, 2.05) is 13.0 Å². The summed E-state index contributed by atoms with van der Waals surface area (Å²) in [6.45, 7) is 1.95. The lowest BCUT2D eigenvalue weighted by Crippen LogP contribution is -1.93. The maximum absolute atomic E-state index is 5.59. The second-order valence-electron chi connectivity index (χ2n) is 3.96. The third kappa shape index (κ3) is 2.42. The van der Waals surface area contributed by atoms with Crippen LogP contribution in [-0.4, -0.2) is 5.16 Å². The molecule has 16 heavy (non-hydrogen) atoms. The minimum Gasteiger partial charge on any atom is -0.367 e. The quantitative estimate of drug-likeness (QED) is 0.855. The van der Waals surface area contributed by atoms with Crippen molar-refractivity contribution < 1.29 is 4.52 Å². The molecule has 1 heterocycles. The molecular weight excluding hydrogens is 200 g/mol. The molecule has 0 aliphatic carbocycles. The molecule has 0 bridgehead atoms. The number of nitrogens with zero attached hydrogens (tertiary/aromatic N) is 1. The fourth-order valence-corrected chi connectivity index (χ4v) is 1.72. The van der Waals surface area contributed by atoms with E-state index < -0.39 is 0 Å². The fourth-order valence-electron chi connectivity index (χ4n) is 1.72. The van der Waals surface area contributed by atoms with Gasteiger partial charge in [-0.15, -0.1) is 0 Å². The third-order valence-corrected chi connectivity index (χ3v) is 2.78. The Morgan fingerprint density at radius 2 is 1.94 bits per heavy atom. The van der Waals surface area contributed by atoms with Crippen LogP contribution in [0.1, 0.15) is 23.2 Å². The average molecular weight is 216 g/mol. The number of rotatable bonds is 4. The number of hydrogen-bond acceptors (Lipinski definition) is 3. The van der Waals surface area contributed by atoms with Crippen LogP contribution in [0.15, 0.2) is 34.9 Å². The normalized spacial score (nSPS) is 10.6. The highest BCUT2D eigenvalue weighted by molar-refractivity contribution is 5.37. The van der Waals surface area contributed by atoms with E-state index in [4.69, 9.17) is 10.3 Å². The molecule has 3 heteroatoms. The number of nitrogens with two attached hydrogens (primary N) is 1. The summed E-state index contributed by atoms with van der Waals surface area (Å²) in [6, 6.07) is 10.4. The zero-order valence-corrected chi connectivity index (χ0v) is 9.44. The molecule has 3 nitrogen and oxygen atoms in total. The van der Waals surface area contributed by atoms with E-state index in [0.29, 0.717) is 5.88 Å². The number of nitrogen functional groups attached to an aromatic ring is 1. The van der Waals surface area contributed by atoms with Gasteiger partial charge in [0.05, 0.1) is 5.69 Å².